The molecule has 5 heteroatoms. The summed E-state index contributed by atoms with van der Waals surface area (Å²) in [7, 11) is 0. The number of pyridine rings is 1. The average molecular weight is 246 g/mol. The van der Waals surface area contributed by atoms with Crippen molar-refractivity contribution in [2.75, 3.05) is 5.73 Å². The summed E-state index contributed by atoms with van der Waals surface area (Å²) in [5.41, 5.74) is 6.57. The molecule has 0 aliphatic rings. The van der Waals surface area contributed by atoms with Crippen molar-refractivity contribution in [2.24, 2.45) is 0 Å². The van der Waals surface area contributed by atoms with Gasteiger partial charge in [-0.25, -0.2) is 14.2 Å². The monoisotopic (exact) mass is 246 g/mol. The molecule has 0 fully saturated rings. The van der Waals surface area contributed by atoms with E-state index >= 15 is 0 Å². The Morgan fingerprint density at radius 2 is 2.06 bits per heavy atom. The Kier molecular flexibility index (Phi) is 2.97. The highest BCUT2D eigenvalue weighted by Gasteiger charge is 2.14. The molecule has 2 aromatic rings. The minimum atomic E-state index is -1.20. The van der Waals surface area contributed by atoms with E-state index in [9.17, 15) is 9.18 Å². The molecule has 0 saturated heterocycles. The fraction of sp³-hybridized carbons (Fsp3) is 0.0769. The number of nitrogen functional groups attached to an aromatic ring is 1. The number of anilines is 1. The summed E-state index contributed by atoms with van der Waals surface area (Å²) in [6.07, 6.45) is 0. The molecular weight excluding hydrogens is 235 g/mol. The fourth-order valence-corrected chi connectivity index (χ4v) is 1.63. The zero-order valence-electron chi connectivity index (χ0n) is 9.64. The van der Waals surface area contributed by atoms with E-state index in [1.807, 2.05) is 0 Å². The molecule has 92 valence electrons. The van der Waals surface area contributed by atoms with E-state index in [4.69, 9.17) is 10.8 Å². The first-order valence-electron chi connectivity index (χ1n) is 5.25. The molecule has 0 radical (unpaired) electrons. The molecule has 0 bridgehead atoms. The minimum absolute atomic E-state index is 0.115. The molecule has 0 atom stereocenters. The van der Waals surface area contributed by atoms with Crippen molar-refractivity contribution in [3.8, 4) is 11.1 Å². The number of hydrogen-bond donors (Lipinski definition) is 2. The van der Waals surface area contributed by atoms with Gasteiger partial charge in [0.15, 0.2) is 5.69 Å². The smallest absolute Gasteiger partial charge is 0.355 e. The summed E-state index contributed by atoms with van der Waals surface area (Å²) in [5.74, 6) is -1.47. The second-order valence-corrected chi connectivity index (χ2v) is 3.90. The third kappa shape index (κ3) is 2.15. The lowest BCUT2D eigenvalue weighted by atomic mass is 10.0. The predicted molar refractivity (Wildman–Crippen MR) is 65.7 cm³/mol. The number of aryl methyl sites for hydroxylation is 1. The minimum Gasteiger partial charge on any atom is -0.476 e. The van der Waals surface area contributed by atoms with Crippen LogP contribution in [-0.4, -0.2) is 16.1 Å². The van der Waals surface area contributed by atoms with E-state index in [1.165, 1.54) is 18.2 Å². The van der Waals surface area contributed by atoms with Gasteiger partial charge >= 0.3 is 5.97 Å². The lowest BCUT2D eigenvalue weighted by molar-refractivity contribution is 0.0691. The highest BCUT2D eigenvalue weighted by Crippen LogP contribution is 2.25. The first kappa shape index (κ1) is 12.0. The van der Waals surface area contributed by atoms with Crippen molar-refractivity contribution >= 4 is 11.8 Å². The van der Waals surface area contributed by atoms with E-state index in [0.717, 1.165) is 0 Å². The number of carboxylic acid groups (broad SMARTS) is 1. The highest BCUT2D eigenvalue weighted by molar-refractivity contribution is 5.94. The fourth-order valence-electron chi connectivity index (χ4n) is 1.63. The van der Waals surface area contributed by atoms with Crippen molar-refractivity contribution in [3.63, 3.8) is 0 Å². The molecule has 0 aliphatic carbocycles. The molecule has 0 amide bonds. The first-order valence-corrected chi connectivity index (χ1v) is 5.25. The Morgan fingerprint density at radius 3 is 2.67 bits per heavy atom. The highest BCUT2D eigenvalue weighted by atomic mass is 19.1. The number of rotatable bonds is 2. The van der Waals surface area contributed by atoms with Crippen LogP contribution in [0.25, 0.3) is 11.1 Å². The van der Waals surface area contributed by atoms with E-state index in [1.54, 1.807) is 19.1 Å². The van der Waals surface area contributed by atoms with Crippen LogP contribution in [0.2, 0.25) is 0 Å². The SMILES string of the molecule is Cc1ccc(-c2ccc(N)nc2C(=O)O)cc1F. The zero-order valence-corrected chi connectivity index (χ0v) is 9.64. The zero-order chi connectivity index (χ0) is 13.3. The number of hydrogen-bond acceptors (Lipinski definition) is 3. The van der Waals surface area contributed by atoms with E-state index in [0.29, 0.717) is 16.7 Å². The van der Waals surface area contributed by atoms with Crippen LogP contribution in [0.4, 0.5) is 10.2 Å². The van der Waals surface area contributed by atoms with Gasteiger partial charge in [-0.15, -0.1) is 0 Å². The van der Waals surface area contributed by atoms with Crippen molar-refractivity contribution in [3.05, 3.63) is 47.4 Å². The summed E-state index contributed by atoms with van der Waals surface area (Å²) in [5, 5.41) is 9.06. The van der Waals surface area contributed by atoms with Gasteiger partial charge in [0.05, 0.1) is 0 Å². The Morgan fingerprint density at radius 1 is 1.33 bits per heavy atom. The molecule has 1 aromatic carbocycles. The number of aromatic carboxylic acids is 1. The molecular formula is C13H11FN2O2. The second-order valence-electron chi connectivity index (χ2n) is 3.90. The molecule has 0 spiro atoms. The molecule has 0 saturated carbocycles. The van der Waals surface area contributed by atoms with Crippen LogP contribution >= 0.6 is 0 Å². The summed E-state index contributed by atoms with van der Waals surface area (Å²) >= 11 is 0. The van der Waals surface area contributed by atoms with Crippen LogP contribution in [-0.2, 0) is 0 Å². The number of aromatic nitrogens is 1. The van der Waals surface area contributed by atoms with Crippen LogP contribution in [0.5, 0.6) is 0 Å². The van der Waals surface area contributed by atoms with E-state index in [-0.39, 0.29) is 17.3 Å². The molecule has 1 aromatic heterocycles. The maximum atomic E-state index is 13.5. The number of nitrogens with two attached hydrogens (primary N) is 1. The van der Waals surface area contributed by atoms with Gasteiger partial charge in [0.1, 0.15) is 11.6 Å². The van der Waals surface area contributed by atoms with Gasteiger partial charge in [-0.05, 0) is 36.2 Å². The van der Waals surface area contributed by atoms with Crippen LogP contribution in [0, 0.1) is 12.7 Å². The van der Waals surface area contributed by atoms with Crippen molar-refractivity contribution in [1.82, 2.24) is 4.98 Å². The summed E-state index contributed by atoms with van der Waals surface area (Å²) in [4.78, 5) is 14.8. The van der Waals surface area contributed by atoms with Gasteiger partial charge in [-0.1, -0.05) is 12.1 Å². The third-order valence-corrected chi connectivity index (χ3v) is 2.60. The van der Waals surface area contributed by atoms with Crippen LogP contribution in [0.15, 0.2) is 30.3 Å². The van der Waals surface area contributed by atoms with E-state index < -0.39 is 5.97 Å². The van der Waals surface area contributed by atoms with Gasteiger partial charge in [-0.3, -0.25) is 0 Å². The maximum absolute atomic E-state index is 13.5. The molecule has 4 nitrogen and oxygen atoms in total. The number of benzene rings is 1. The van der Waals surface area contributed by atoms with Crippen LogP contribution < -0.4 is 5.73 Å². The summed E-state index contributed by atoms with van der Waals surface area (Å²) in [6, 6.07) is 7.54. The topological polar surface area (TPSA) is 76.2 Å². The maximum Gasteiger partial charge on any atom is 0.355 e. The summed E-state index contributed by atoms with van der Waals surface area (Å²) in [6.45, 7) is 1.64. The van der Waals surface area contributed by atoms with Gasteiger partial charge in [-0.2, -0.15) is 0 Å². The quantitative estimate of drug-likeness (QED) is 0.853. The molecule has 2 rings (SSSR count). The standard InChI is InChI=1S/C13H11FN2O2/c1-7-2-3-8(6-10(7)14)9-4-5-11(15)16-12(9)13(17)18/h2-6H,1H3,(H2,15,16)(H,17,18). The van der Waals surface area contributed by atoms with Crippen LogP contribution in [0.1, 0.15) is 16.1 Å². The number of nitrogens with zero attached hydrogens (tertiary/aromatic N) is 1. The normalized spacial score (nSPS) is 10.3. The average Bonchev–Trinajstić information content (AvgIpc) is 2.32. The second kappa shape index (κ2) is 4.44. The molecule has 18 heavy (non-hydrogen) atoms. The van der Waals surface area contributed by atoms with Gasteiger partial charge < -0.3 is 10.8 Å². The molecule has 0 aliphatic heterocycles. The molecule has 0 unspecified atom stereocenters. The van der Waals surface area contributed by atoms with Crippen molar-refractivity contribution < 1.29 is 14.3 Å². The Hall–Kier alpha value is -2.43. The lowest BCUT2D eigenvalue weighted by Crippen LogP contribution is -2.05. The lowest BCUT2D eigenvalue weighted by Gasteiger charge is -2.07. The summed E-state index contributed by atoms with van der Waals surface area (Å²) < 4.78 is 13.5. The first-order chi connectivity index (χ1) is 8.49. The van der Waals surface area contributed by atoms with Gasteiger partial charge in [0, 0.05) is 5.56 Å². The van der Waals surface area contributed by atoms with E-state index in [2.05, 4.69) is 4.98 Å². The molecule has 1 heterocycles. The van der Waals surface area contributed by atoms with Crippen LogP contribution in [0.3, 0.4) is 0 Å². The number of halogens is 1. The Labute approximate surface area is 103 Å². The van der Waals surface area contributed by atoms with Crippen molar-refractivity contribution in [2.45, 2.75) is 6.92 Å². The number of carboxylic acids is 1. The van der Waals surface area contributed by atoms with Gasteiger partial charge in [0.25, 0.3) is 0 Å². The van der Waals surface area contributed by atoms with Gasteiger partial charge in [0.2, 0.25) is 0 Å². The molecule has 3 N–H and O–H groups in total. The van der Waals surface area contributed by atoms with Crippen molar-refractivity contribution in [1.29, 1.82) is 0 Å². The largest absolute Gasteiger partial charge is 0.476 e. The predicted octanol–water partition coefficient (Wildman–Crippen LogP) is 2.48. The number of carbonyl (C=O) groups is 1. The third-order valence-electron chi connectivity index (χ3n) is 2.60. The Bertz CT molecular complexity index is 626. The Balaban J connectivity index is 2.63.